The molecule has 1 N–H and O–H groups in total. The van der Waals surface area contributed by atoms with E-state index in [1.807, 2.05) is 18.2 Å². The predicted octanol–water partition coefficient (Wildman–Crippen LogP) is 4.00. The molecule has 0 saturated heterocycles. The lowest BCUT2D eigenvalue weighted by Crippen LogP contribution is -2.31. The zero-order valence-electron chi connectivity index (χ0n) is 13.0. The van der Waals surface area contributed by atoms with Crippen LogP contribution in [-0.2, 0) is 6.54 Å². The van der Waals surface area contributed by atoms with E-state index in [1.165, 1.54) is 0 Å². The molecule has 0 spiro atoms. The highest BCUT2D eigenvalue weighted by Gasteiger charge is 2.26. The van der Waals surface area contributed by atoms with Crippen molar-refractivity contribution < 1.29 is 9.53 Å². The van der Waals surface area contributed by atoms with Crippen LogP contribution in [0.2, 0.25) is 5.02 Å². The molecule has 0 bridgehead atoms. The third-order valence-electron chi connectivity index (χ3n) is 4.15. The average Bonchev–Trinajstić information content (AvgIpc) is 2.92. The second-order valence-electron chi connectivity index (χ2n) is 5.71. The molecule has 0 aliphatic carbocycles. The van der Waals surface area contributed by atoms with Gasteiger partial charge in [-0.1, -0.05) is 31.9 Å². The molecule has 1 atom stereocenters. The number of halogens is 1. The summed E-state index contributed by atoms with van der Waals surface area (Å²) in [6, 6.07) is 5.60. The molecule has 4 nitrogen and oxygen atoms in total. The van der Waals surface area contributed by atoms with Gasteiger partial charge in [0.25, 0.3) is 5.91 Å². The summed E-state index contributed by atoms with van der Waals surface area (Å²) in [4.78, 5) is 12.5. The number of amides is 1. The lowest BCUT2D eigenvalue weighted by molar-refractivity contribution is 0.0937. The molecule has 0 unspecified atom stereocenters. The van der Waals surface area contributed by atoms with Crippen LogP contribution < -0.4 is 10.1 Å². The molecule has 0 radical (unpaired) electrons. The summed E-state index contributed by atoms with van der Waals surface area (Å²) in [7, 11) is 0. The van der Waals surface area contributed by atoms with Gasteiger partial charge in [0.1, 0.15) is 17.5 Å². The first-order valence-corrected chi connectivity index (χ1v) is 8.30. The van der Waals surface area contributed by atoms with Crippen LogP contribution in [0.3, 0.4) is 0 Å². The molecule has 2 aromatic rings. The van der Waals surface area contributed by atoms with E-state index < -0.39 is 0 Å². The summed E-state index contributed by atoms with van der Waals surface area (Å²) in [5, 5.41) is 4.52. The Morgan fingerprint density at radius 3 is 3.00 bits per heavy atom. The average molecular weight is 321 g/mol. The number of carbonyl (C=O) groups is 1. The van der Waals surface area contributed by atoms with E-state index in [0.29, 0.717) is 23.8 Å². The van der Waals surface area contributed by atoms with Gasteiger partial charge in [-0.3, -0.25) is 4.79 Å². The van der Waals surface area contributed by atoms with Crippen LogP contribution in [0.15, 0.2) is 18.2 Å². The zero-order chi connectivity index (χ0) is 15.7. The van der Waals surface area contributed by atoms with Gasteiger partial charge in [0.05, 0.1) is 17.1 Å². The van der Waals surface area contributed by atoms with Gasteiger partial charge in [-0.05, 0) is 31.0 Å². The molecule has 0 saturated carbocycles. The summed E-state index contributed by atoms with van der Waals surface area (Å²) in [5.41, 5.74) is 1.60. The largest absolute Gasteiger partial charge is 0.486 e. The first-order valence-electron chi connectivity index (χ1n) is 7.92. The van der Waals surface area contributed by atoms with Crippen molar-refractivity contribution in [3.05, 3.63) is 28.9 Å². The quantitative estimate of drug-likeness (QED) is 0.846. The Morgan fingerprint density at radius 2 is 2.27 bits per heavy atom. The number of ether oxygens (including phenoxy) is 1. The van der Waals surface area contributed by atoms with Gasteiger partial charge in [-0.15, -0.1) is 0 Å². The van der Waals surface area contributed by atoms with E-state index in [2.05, 4.69) is 23.7 Å². The van der Waals surface area contributed by atoms with Crippen LogP contribution in [0.5, 0.6) is 5.75 Å². The van der Waals surface area contributed by atoms with E-state index in [1.54, 1.807) is 0 Å². The fraction of sp³-hybridized carbons (Fsp3) is 0.471. The van der Waals surface area contributed by atoms with Crippen molar-refractivity contribution in [2.24, 2.45) is 0 Å². The minimum atomic E-state index is -0.0385. The van der Waals surface area contributed by atoms with Gasteiger partial charge in [-0.25, -0.2) is 0 Å². The highest BCUT2D eigenvalue weighted by molar-refractivity contribution is 6.36. The Hall–Kier alpha value is -1.68. The molecule has 2 heterocycles. The van der Waals surface area contributed by atoms with E-state index >= 15 is 0 Å². The molecule has 1 aliphatic rings. The molecule has 1 aromatic carbocycles. The van der Waals surface area contributed by atoms with Crippen LogP contribution >= 0.6 is 11.6 Å². The van der Waals surface area contributed by atoms with Crippen LogP contribution in [0.1, 0.15) is 43.6 Å². The van der Waals surface area contributed by atoms with Crippen molar-refractivity contribution >= 4 is 28.4 Å². The van der Waals surface area contributed by atoms with E-state index in [0.717, 1.165) is 35.9 Å². The Balaban J connectivity index is 2.03. The highest BCUT2D eigenvalue weighted by atomic mass is 35.5. The molecule has 1 aliphatic heterocycles. The maximum absolute atomic E-state index is 12.5. The second-order valence-corrected chi connectivity index (χ2v) is 6.11. The van der Waals surface area contributed by atoms with Gasteiger partial charge in [0, 0.05) is 11.9 Å². The van der Waals surface area contributed by atoms with Crippen molar-refractivity contribution in [3.63, 3.8) is 0 Å². The molecule has 22 heavy (non-hydrogen) atoms. The van der Waals surface area contributed by atoms with E-state index in [-0.39, 0.29) is 12.0 Å². The fourth-order valence-corrected chi connectivity index (χ4v) is 3.10. The third kappa shape index (κ3) is 2.56. The van der Waals surface area contributed by atoms with Crippen molar-refractivity contribution in [3.8, 4) is 5.75 Å². The SMILES string of the molecule is CCCCNC(=O)c1cc2c(Cl)ccc3c2n1C[C@H](CC)O3. The monoisotopic (exact) mass is 320 g/mol. The molecule has 1 amide bonds. The minimum absolute atomic E-state index is 0.0385. The molecule has 0 fully saturated rings. The number of nitrogens with one attached hydrogen (secondary N) is 1. The van der Waals surface area contributed by atoms with Crippen LogP contribution in [0.4, 0.5) is 0 Å². The Morgan fingerprint density at radius 1 is 1.45 bits per heavy atom. The summed E-state index contributed by atoms with van der Waals surface area (Å²) in [5.74, 6) is 0.772. The molecular formula is C17H21ClN2O2. The summed E-state index contributed by atoms with van der Waals surface area (Å²) < 4.78 is 8.04. The number of unbranched alkanes of at least 4 members (excludes halogenated alkanes) is 1. The zero-order valence-corrected chi connectivity index (χ0v) is 13.7. The number of carbonyl (C=O) groups excluding carboxylic acids is 1. The van der Waals surface area contributed by atoms with E-state index in [4.69, 9.17) is 16.3 Å². The Kier molecular flexibility index (Phi) is 4.30. The molecule has 118 valence electrons. The Labute approximate surface area is 135 Å². The maximum Gasteiger partial charge on any atom is 0.267 e. The predicted molar refractivity (Wildman–Crippen MR) is 88.9 cm³/mol. The lowest BCUT2D eigenvalue weighted by Gasteiger charge is -2.26. The van der Waals surface area contributed by atoms with Gasteiger partial charge in [0.2, 0.25) is 0 Å². The second kappa shape index (κ2) is 6.21. The first kappa shape index (κ1) is 15.2. The van der Waals surface area contributed by atoms with Crippen LogP contribution in [0, 0.1) is 0 Å². The number of hydrogen-bond acceptors (Lipinski definition) is 2. The highest BCUT2D eigenvalue weighted by Crippen LogP contribution is 2.38. The molecule has 1 aromatic heterocycles. The van der Waals surface area contributed by atoms with Crippen LogP contribution in [-0.4, -0.2) is 23.1 Å². The van der Waals surface area contributed by atoms with Crippen molar-refractivity contribution in [2.45, 2.75) is 45.8 Å². The molecule has 3 rings (SSSR count). The van der Waals surface area contributed by atoms with E-state index in [9.17, 15) is 4.79 Å². The topological polar surface area (TPSA) is 43.3 Å². The van der Waals surface area contributed by atoms with Gasteiger partial charge in [0.15, 0.2) is 0 Å². The summed E-state index contributed by atoms with van der Waals surface area (Å²) in [6.45, 7) is 5.58. The minimum Gasteiger partial charge on any atom is -0.486 e. The van der Waals surface area contributed by atoms with Crippen LogP contribution in [0.25, 0.3) is 10.9 Å². The van der Waals surface area contributed by atoms with Gasteiger partial charge < -0.3 is 14.6 Å². The summed E-state index contributed by atoms with van der Waals surface area (Å²) in [6.07, 6.45) is 3.04. The smallest absolute Gasteiger partial charge is 0.267 e. The number of benzene rings is 1. The number of aromatic nitrogens is 1. The van der Waals surface area contributed by atoms with Gasteiger partial charge in [-0.2, -0.15) is 0 Å². The summed E-state index contributed by atoms with van der Waals surface area (Å²) >= 11 is 6.30. The fourth-order valence-electron chi connectivity index (χ4n) is 2.89. The maximum atomic E-state index is 12.5. The standard InChI is InChI=1S/C17H21ClN2O2/c1-3-5-8-19-17(21)14-9-12-13(18)6-7-15-16(12)20(14)10-11(4-2)22-15/h6-7,9,11H,3-5,8,10H2,1-2H3,(H,19,21)/t11-/m0/s1. The van der Waals surface area contributed by atoms with Crippen molar-refractivity contribution in [2.75, 3.05) is 6.54 Å². The third-order valence-corrected chi connectivity index (χ3v) is 4.48. The number of nitrogens with zero attached hydrogens (tertiary/aromatic N) is 1. The number of rotatable bonds is 5. The van der Waals surface area contributed by atoms with Gasteiger partial charge >= 0.3 is 0 Å². The lowest BCUT2D eigenvalue weighted by atomic mass is 10.2. The van der Waals surface area contributed by atoms with Crippen molar-refractivity contribution in [1.82, 2.24) is 9.88 Å². The van der Waals surface area contributed by atoms with Crippen molar-refractivity contribution in [1.29, 1.82) is 0 Å². The molecular weight excluding hydrogens is 300 g/mol. The molecule has 5 heteroatoms. The number of hydrogen-bond donors (Lipinski definition) is 1. The first-order chi connectivity index (χ1) is 10.7. The Bertz CT molecular complexity index is 708. The normalized spacial score (nSPS) is 16.6.